The molecule has 1 saturated carbocycles. The molecule has 0 radical (unpaired) electrons. The first-order chi connectivity index (χ1) is 5.75. The van der Waals surface area contributed by atoms with Gasteiger partial charge in [0.2, 0.25) is 5.13 Å². The van der Waals surface area contributed by atoms with E-state index in [-0.39, 0.29) is 0 Å². The van der Waals surface area contributed by atoms with Crippen LogP contribution in [0.2, 0.25) is 0 Å². The van der Waals surface area contributed by atoms with Crippen molar-refractivity contribution in [1.29, 1.82) is 0 Å². The Hall–Kier alpha value is -0.900. The van der Waals surface area contributed by atoms with Gasteiger partial charge < -0.3 is 5.32 Å². The maximum atomic E-state index is 4.10. The number of hydrogen-bond donors (Lipinski definition) is 1. The SMILES string of the molecule is C=C(C)Nc1nnc(C2CC2)s1. The second-order valence-corrected chi connectivity index (χ2v) is 4.13. The molecule has 1 aliphatic carbocycles. The van der Waals surface area contributed by atoms with Crippen LogP contribution in [0.3, 0.4) is 0 Å². The molecule has 1 aromatic rings. The first-order valence-corrected chi connectivity index (χ1v) is 4.83. The molecule has 0 atom stereocenters. The zero-order valence-electron chi connectivity index (χ0n) is 7.00. The van der Waals surface area contributed by atoms with Crippen LogP contribution in [-0.4, -0.2) is 10.2 Å². The van der Waals surface area contributed by atoms with Crippen LogP contribution in [0.1, 0.15) is 30.7 Å². The van der Waals surface area contributed by atoms with Crippen LogP contribution in [0.25, 0.3) is 0 Å². The van der Waals surface area contributed by atoms with Crippen molar-refractivity contribution in [3.05, 3.63) is 17.3 Å². The molecular formula is C8H11N3S. The quantitative estimate of drug-likeness (QED) is 0.777. The number of anilines is 1. The minimum absolute atomic E-state index is 0.697. The van der Waals surface area contributed by atoms with Crippen molar-refractivity contribution in [2.24, 2.45) is 0 Å². The average Bonchev–Trinajstić information content (AvgIpc) is 2.73. The lowest BCUT2D eigenvalue weighted by Crippen LogP contribution is -1.91. The van der Waals surface area contributed by atoms with Gasteiger partial charge in [-0.3, -0.25) is 0 Å². The van der Waals surface area contributed by atoms with Crippen LogP contribution < -0.4 is 5.32 Å². The number of aromatic nitrogens is 2. The third kappa shape index (κ3) is 1.64. The zero-order chi connectivity index (χ0) is 8.55. The molecule has 0 aromatic carbocycles. The van der Waals surface area contributed by atoms with E-state index in [1.54, 1.807) is 11.3 Å². The van der Waals surface area contributed by atoms with E-state index < -0.39 is 0 Å². The predicted octanol–water partition coefficient (Wildman–Crippen LogP) is 2.36. The highest BCUT2D eigenvalue weighted by molar-refractivity contribution is 7.15. The van der Waals surface area contributed by atoms with Gasteiger partial charge in [0.25, 0.3) is 0 Å². The minimum atomic E-state index is 0.697. The van der Waals surface area contributed by atoms with Crippen molar-refractivity contribution in [1.82, 2.24) is 10.2 Å². The van der Waals surface area contributed by atoms with Gasteiger partial charge >= 0.3 is 0 Å². The Morgan fingerprint density at radius 3 is 2.92 bits per heavy atom. The van der Waals surface area contributed by atoms with E-state index >= 15 is 0 Å². The molecule has 64 valence electrons. The molecule has 0 aliphatic heterocycles. The van der Waals surface area contributed by atoms with E-state index in [0.29, 0.717) is 5.92 Å². The molecule has 1 heterocycles. The highest BCUT2D eigenvalue weighted by Gasteiger charge is 2.27. The second kappa shape index (κ2) is 2.86. The van der Waals surface area contributed by atoms with Crippen molar-refractivity contribution >= 4 is 16.5 Å². The zero-order valence-corrected chi connectivity index (χ0v) is 7.82. The molecule has 1 fully saturated rings. The van der Waals surface area contributed by atoms with Crippen LogP contribution in [0.4, 0.5) is 5.13 Å². The van der Waals surface area contributed by atoms with Gasteiger partial charge in [0.15, 0.2) is 0 Å². The van der Waals surface area contributed by atoms with Crippen LogP contribution in [-0.2, 0) is 0 Å². The Morgan fingerprint density at radius 2 is 2.33 bits per heavy atom. The van der Waals surface area contributed by atoms with E-state index in [1.165, 1.54) is 17.8 Å². The van der Waals surface area contributed by atoms with Crippen molar-refractivity contribution in [2.75, 3.05) is 5.32 Å². The predicted molar refractivity (Wildman–Crippen MR) is 50.3 cm³/mol. The molecular weight excluding hydrogens is 170 g/mol. The fourth-order valence-corrected chi connectivity index (χ4v) is 1.95. The molecule has 0 saturated heterocycles. The van der Waals surface area contributed by atoms with E-state index in [9.17, 15) is 0 Å². The Balaban J connectivity index is 2.07. The van der Waals surface area contributed by atoms with Crippen molar-refractivity contribution in [3.8, 4) is 0 Å². The molecule has 1 N–H and O–H groups in total. The molecule has 4 heteroatoms. The van der Waals surface area contributed by atoms with Crippen LogP contribution in [0.15, 0.2) is 12.3 Å². The van der Waals surface area contributed by atoms with Crippen LogP contribution in [0, 0.1) is 0 Å². The van der Waals surface area contributed by atoms with E-state index in [0.717, 1.165) is 10.8 Å². The fourth-order valence-electron chi connectivity index (χ4n) is 0.963. The third-order valence-corrected chi connectivity index (χ3v) is 2.69. The van der Waals surface area contributed by atoms with Gasteiger partial charge in [-0.25, -0.2) is 0 Å². The maximum absolute atomic E-state index is 4.10. The number of hydrogen-bond acceptors (Lipinski definition) is 4. The summed E-state index contributed by atoms with van der Waals surface area (Å²) in [5.74, 6) is 0.697. The molecule has 1 aromatic heterocycles. The first kappa shape index (κ1) is 7.73. The van der Waals surface area contributed by atoms with Gasteiger partial charge in [-0.1, -0.05) is 17.9 Å². The van der Waals surface area contributed by atoms with Crippen molar-refractivity contribution in [2.45, 2.75) is 25.7 Å². The van der Waals surface area contributed by atoms with Gasteiger partial charge in [-0.15, -0.1) is 10.2 Å². The molecule has 1 aliphatic rings. The Kier molecular flexibility index (Phi) is 1.84. The second-order valence-electron chi connectivity index (χ2n) is 3.13. The number of allylic oxidation sites excluding steroid dienone is 1. The summed E-state index contributed by atoms with van der Waals surface area (Å²) < 4.78 is 0. The van der Waals surface area contributed by atoms with Gasteiger partial charge in [0, 0.05) is 11.6 Å². The Labute approximate surface area is 75.5 Å². The summed E-state index contributed by atoms with van der Waals surface area (Å²) >= 11 is 1.64. The van der Waals surface area contributed by atoms with Crippen molar-refractivity contribution in [3.63, 3.8) is 0 Å². The molecule has 3 nitrogen and oxygen atoms in total. The summed E-state index contributed by atoms with van der Waals surface area (Å²) in [4.78, 5) is 0. The lowest BCUT2D eigenvalue weighted by Gasteiger charge is -1.95. The lowest BCUT2D eigenvalue weighted by molar-refractivity contribution is 0.976. The summed E-state index contributed by atoms with van der Waals surface area (Å²) in [7, 11) is 0. The standard InChI is InChI=1S/C8H11N3S/c1-5(2)9-8-11-10-7(12-8)6-3-4-6/h6H,1,3-4H2,2H3,(H,9,11). The normalized spacial score (nSPS) is 16.1. The molecule has 0 unspecified atom stereocenters. The lowest BCUT2D eigenvalue weighted by atomic mass is 10.5. The minimum Gasteiger partial charge on any atom is -0.335 e. The average molecular weight is 181 g/mol. The van der Waals surface area contributed by atoms with Crippen molar-refractivity contribution < 1.29 is 0 Å². The molecule has 2 rings (SSSR count). The van der Waals surface area contributed by atoms with E-state index in [4.69, 9.17) is 0 Å². The van der Waals surface area contributed by atoms with Crippen LogP contribution in [0.5, 0.6) is 0 Å². The van der Waals surface area contributed by atoms with Gasteiger partial charge in [-0.05, 0) is 19.8 Å². The highest BCUT2D eigenvalue weighted by atomic mass is 32.1. The molecule has 0 amide bonds. The summed E-state index contributed by atoms with van der Waals surface area (Å²) in [6.07, 6.45) is 2.56. The van der Waals surface area contributed by atoms with Crippen LogP contribution >= 0.6 is 11.3 Å². The summed E-state index contributed by atoms with van der Waals surface area (Å²) in [6.45, 7) is 5.66. The van der Waals surface area contributed by atoms with E-state index in [2.05, 4.69) is 22.1 Å². The maximum Gasteiger partial charge on any atom is 0.209 e. The monoisotopic (exact) mass is 181 g/mol. The topological polar surface area (TPSA) is 37.8 Å². The largest absolute Gasteiger partial charge is 0.335 e. The van der Waals surface area contributed by atoms with Gasteiger partial charge in [-0.2, -0.15) is 0 Å². The molecule has 0 spiro atoms. The number of nitrogens with one attached hydrogen (secondary N) is 1. The summed E-state index contributed by atoms with van der Waals surface area (Å²) in [5, 5.41) is 13.2. The van der Waals surface area contributed by atoms with E-state index in [1.807, 2.05) is 6.92 Å². The summed E-state index contributed by atoms with van der Waals surface area (Å²) in [6, 6.07) is 0. The number of rotatable bonds is 3. The number of nitrogens with zero attached hydrogens (tertiary/aromatic N) is 2. The summed E-state index contributed by atoms with van der Waals surface area (Å²) in [5.41, 5.74) is 0.911. The van der Waals surface area contributed by atoms with Gasteiger partial charge in [0.05, 0.1) is 0 Å². The van der Waals surface area contributed by atoms with Gasteiger partial charge in [0.1, 0.15) is 5.01 Å². The fraction of sp³-hybridized carbons (Fsp3) is 0.500. The molecule has 12 heavy (non-hydrogen) atoms. The Bertz CT molecular complexity index is 301. The third-order valence-electron chi connectivity index (χ3n) is 1.69. The Morgan fingerprint density at radius 1 is 1.58 bits per heavy atom. The smallest absolute Gasteiger partial charge is 0.209 e. The first-order valence-electron chi connectivity index (χ1n) is 4.01. The highest BCUT2D eigenvalue weighted by Crippen LogP contribution is 2.42. The molecule has 0 bridgehead atoms.